The Morgan fingerprint density at radius 3 is 1.23 bits per heavy atom. The SMILES string of the molecule is COC(=O)Nc1cccc2ccc([O-])c(N=Nc3cc(S(N)(=O)=O)ccc3[O-])c12.COC(=O)Nc1cccc2ccc([O-])c(N=Nc3cc(S(N)(=O)=O)ccc3[O-])c12.[Cr+3].[Na+]. The third-order valence-corrected chi connectivity index (χ3v) is 9.66. The molecule has 0 saturated heterocycles. The molecule has 1 radical (unpaired) electrons. The molecule has 0 aliphatic rings. The minimum atomic E-state index is -4.05. The number of nitrogens with two attached hydrogens (primary N) is 2. The number of primary sulfonamides is 2. The van der Waals surface area contributed by atoms with Crippen molar-refractivity contribution in [2.45, 2.75) is 9.79 Å². The van der Waals surface area contributed by atoms with Gasteiger partial charge in [-0.25, -0.2) is 36.7 Å². The normalized spacial score (nSPS) is 11.3. The number of carbonyl (C=O) groups is 2. The number of rotatable bonds is 8. The third kappa shape index (κ3) is 11.7. The number of carbonyl (C=O) groups excluding carboxylic acids is 2. The second-order valence-corrected chi connectivity index (χ2v) is 14.7. The number of sulfonamides is 2. The van der Waals surface area contributed by atoms with E-state index in [1.807, 2.05) is 0 Å². The van der Waals surface area contributed by atoms with Gasteiger partial charge in [0.25, 0.3) is 0 Å². The first kappa shape index (κ1) is 48.5. The van der Waals surface area contributed by atoms with Crippen molar-refractivity contribution in [3.05, 3.63) is 97.1 Å². The van der Waals surface area contributed by atoms with E-state index in [9.17, 15) is 46.9 Å². The molecule has 6 aromatic carbocycles. The van der Waals surface area contributed by atoms with Gasteiger partial charge in [-0.15, -0.1) is 0 Å². The van der Waals surface area contributed by atoms with Gasteiger partial charge in [-0.3, -0.25) is 10.6 Å². The van der Waals surface area contributed by atoms with Gasteiger partial charge in [-0.05, 0) is 47.2 Å². The van der Waals surface area contributed by atoms with E-state index < -0.39 is 55.2 Å². The van der Waals surface area contributed by atoms with Gasteiger partial charge in [0, 0.05) is 10.8 Å². The minimum absolute atomic E-state index is 0. The van der Waals surface area contributed by atoms with Crippen molar-refractivity contribution < 1.29 is 103 Å². The second kappa shape index (κ2) is 20.4. The molecule has 6 N–H and O–H groups in total. The number of methoxy groups -OCH3 is 2. The number of nitrogens with zero attached hydrogens (tertiary/aromatic N) is 4. The van der Waals surface area contributed by atoms with E-state index in [-0.39, 0.29) is 102 Å². The van der Waals surface area contributed by atoms with E-state index in [1.165, 1.54) is 26.4 Å². The van der Waals surface area contributed by atoms with E-state index in [0.29, 0.717) is 10.8 Å². The van der Waals surface area contributed by atoms with Crippen LogP contribution in [0.5, 0.6) is 23.0 Å². The summed E-state index contributed by atoms with van der Waals surface area (Å²) in [6, 6.07) is 21.4. The Kier molecular flexibility index (Phi) is 16.5. The Morgan fingerprint density at radius 2 is 0.900 bits per heavy atom. The van der Waals surface area contributed by atoms with Gasteiger partial charge in [0.2, 0.25) is 20.0 Å². The van der Waals surface area contributed by atoms with Gasteiger partial charge in [-0.1, -0.05) is 83.7 Å². The average molecular weight is 904 g/mol. The van der Waals surface area contributed by atoms with Crippen molar-refractivity contribution in [2.24, 2.45) is 30.7 Å². The molecule has 0 heterocycles. The van der Waals surface area contributed by atoms with Crippen molar-refractivity contribution in [3.8, 4) is 23.0 Å². The third-order valence-electron chi connectivity index (χ3n) is 7.84. The van der Waals surface area contributed by atoms with Crippen LogP contribution in [0.4, 0.5) is 43.7 Å². The van der Waals surface area contributed by atoms with Crippen LogP contribution in [0.1, 0.15) is 0 Å². The van der Waals surface area contributed by atoms with Crippen molar-refractivity contribution in [2.75, 3.05) is 24.9 Å². The Hall–Kier alpha value is -5.87. The van der Waals surface area contributed by atoms with Crippen LogP contribution in [-0.4, -0.2) is 43.2 Å². The zero-order valence-electron chi connectivity index (χ0n) is 31.3. The molecule has 2 amide bonds. The summed E-state index contributed by atoms with van der Waals surface area (Å²) in [4.78, 5) is 22.6. The molecule has 6 aromatic rings. The smallest absolute Gasteiger partial charge is 0.871 e. The molecule has 303 valence electrons. The quantitative estimate of drug-likeness (QED) is 0.125. The molecule has 20 nitrogen and oxygen atoms in total. The van der Waals surface area contributed by atoms with Gasteiger partial charge in [0.15, 0.2) is 0 Å². The number of amides is 2. The molecule has 0 aromatic heterocycles. The molecule has 6 rings (SSSR count). The van der Waals surface area contributed by atoms with Crippen molar-refractivity contribution in [3.63, 3.8) is 0 Å². The fraction of sp³-hybridized carbons (Fsp3) is 0.0556. The van der Waals surface area contributed by atoms with Crippen molar-refractivity contribution in [1.29, 1.82) is 0 Å². The van der Waals surface area contributed by atoms with Crippen LogP contribution < -0.4 is 70.9 Å². The summed E-state index contributed by atoms with van der Waals surface area (Å²) in [5.74, 6) is -2.26. The number of ether oxygens (including phenoxy) is 2. The summed E-state index contributed by atoms with van der Waals surface area (Å²) in [5.41, 5.74) is -0.411. The van der Waals surface area contributed by atoms with E-state index >= 15 is 0 Å². The van der Waals surface area contributed by atoms with Crippen LogP contribution in [0, 0.1) is 0 Å². The molecule has 0 fully saturated rings. The molecule has 60 heavy (non-hydrogen) atoms. The van der Waals surface area contributed by atoms with Crippen LogP contribution >= 0.6 is 0 Å². The fourth-order valence-electron chi connectivity index (χ4n) is 5.12. The number of hydrogen-bond acceptors (Lipinski definition) is 16. The molecular formula is C36H28CrN8NaO12S2. The number of nitrogens with one attached hydrogen (secondary N) is 2. The maximum absolute atomic E-state index is 12.4. The summed E-state index contributed by atoms with van der Waals surface area (Å²) in [7, 11) is -5.73. The zero-order valence-corrected chi connectivity index (χ0v) is 36.2. The first-order valence-corrected chi connectivity index (χ1v) is 19.2. The summed E-state index contributed by atoms with van der Waals surface area (Å²) >= 11 is 0. The van der Waals surface area contributed by atoms with Crippen LogP contribution in [0.15, 0.2) is 127 Å². The van der Waals surface area contributed by atoms with E-state index in [4.69, 9.17) is 10.3 Å². The maximum Gasteiger partial charge on any atom is 3.00 e. The van der Waals surface area contributed by atoms with Gasteiger partial charge in [0.1, 0.15) is 0 Å². The minimum Gasteiger partial charge on any atom is -0.871 e. The summed E-state index contributed by atoms with van der Waals surface area (Å²) in [6.45, 7) is 0. The molecular weight excluding hydrogens is 876 g/mol. The van der Waals surface area contributed by atoms with Gasteiger partial charge in [-0.2, -0.15) is 20.5 Å². The number of hydrogen-bond donors (Lipinski definition) is 4. The van der Waals surface area contributed by atoms with Crippen LogP contribution in [0.2, 0.25) is 0 Å². The molecule has 0 saturated carbocycles. The Labute approximate surface area is 374 Å². The average Bonchev–Trinajstić information content (AvgIpc) is 3.17. The standard InChI is InChI=1S/2C18H16N4O6S.Cr.Na/c2*1-28-18(25)20-12-4-2-3-10-5-7-15(24)17(16(10)12)22-21-13-9-11(29(19,26)27)6-8-14(13)23;;/h2*2-9,23-24H,1H3,(H,20,25)(H2,19,26,27);;/q;;+3;+1/p-4. The van der Waals surface area contributed by atoms with Crippen LogP contribution in [0.25, 0.3) is 21.5 Å². The van der Waals surface area contributed by atoms with Gasteiger partial charge in [0.05, 0.1) is 58.1 Å². The molecule has 0 atom stereocenters. The largest absolute Gasteiger partial charge is 3.00 e. The van der Waals surface area contributed by atoms with E-state index in [0.717, 1.165) is 36.4 Å². The Morgan fingerprint density at radius 1 is 0.550 bits per heavy atom. The zero-order chi connectivity index (χ0) is 42.4. The molecule has 0 unspecified atom stereocenters. The molecule has 0 aliphatic carbocycles. The molecule has 0 bridgehead atoms. The molecule has 0 spiro atoms. The molecule has 24 heteroatoms. The Balaban J connectivity index is 0.000000310. The number of benzene rings is 6. The topological polar surface area (TPSA) is 339 Å². The van der Waals surface area contributed by atoms with E-state index in [2.05, 4.69) is 40.6 Å². The van der Waals surface area contributed by atoms with Crippen LogP contribution in [0.3, 0.4) is 0 Å². The predicted octanol–water partition coefficient (Wildman–Crippen LogP) is 1.46. The predicted molar refractivity (Wildman–Crippen MR) is 202 cm³/mol. The van der Waals surface area contributed by atoms with Gasteiger partial charge >= 0.3 is 59.1 Å². The summed E-state index contributed by atoms with van der Waals surface area (Å²) in [6.07, 6.45) is -1.50. The summed E-state index contributed by atoms with van der Waals surface area (Å²) in [5, 5.41) is 80.7. The number of anilines is 2. The number of fused-ring (bicyclic) bond motifs is 2. The Bertz CT molecular complexity index is 2690. The van der Waals surface area contributed by atoms with Crippen LogP contribution in [-0.2, 0) is 46.9 Å². The molecule has 0 aliphatic heterocycles. The van der Waals surface area contributed by atoms with E-state index in [1.54, 1.807) is 48.5 Å². The van der Waals surface area contributed by atoms with Crippen molar-refractivity contribution in [1.82, 2.24) is 0 Å². The summed E-state index contributed by atoms with van der Waals surface area (Å²) < 4.78 is 55.0. The number of azo groups is 2. The fourth-order valence-corrected chi connectivity index (χ4v) is 6.19. The van der Waals surface area contributed by atoms with Gasteiger partial charge < -0.3 is 29.9 Å². The maximum atomic E-state index is 12.4. The monoisotopic (exact) mass is 903 g/mol. The first-order chi connectivity index (χ1) is 27.4. The second-order valence-electron chi connectivity index (χ2n) is 11.6. The van der Waals surface area contributed by atoms with Crippen molar-refractivity contribution >= 4 is 87.9 Å². The first-order valence-electron chi connectivity index (χ1n) is 16.1.